The summed E-state index contributed by atoms with van der Waals surface area (Å²) in [7, 11) is 0. The maximum Gasteiger partial charge on any atom is 0.260 e. The second-order valence-electron chi connectivity index (χ2n) is 24.5. The van der Waals surface area contributed by atoms with Crippen molar-refractivity contribution in [3.05, 3.63) is 347 Å². The third-order valence-electron chi connectivity index (χ3n) is 19.8. The SMILES string of the molecule is CC1(C)c2ccccc2-c2ccc(N(c3ccc(-c4ccccc4)cc3)c3cccc4c3-c3ccccc3C43c4ccccc4-c4ccccc43)cc21.c1ccc2c(c1)Oc1cc(C3c4ccccc4-c4ccccc43)cc3c1B2c1ccccc1O3. The molecule has 6 aliphatic rings. The average molecular weight is 1110 g/mol. The highest BCUT2D eigenvalue weighted by Crippen LogP contribution is 2.65. The predicted molar refractivity (Wildman–Crippen MR) is 357 cm³/mol. The van der Waals surface area contributed by atoms with E-state index in [1.165, 1.54) is 122 Å². The van der Waals surface area contributed by atoms with E-state index in [9.17, 15) is 0 Å². The van der Waals surface area contributed by atoms with Crippen LogP contribution in [0, 0.1) is 0 Å². The van der Waals surface area contributed by atoms with E-state index in [-0.39, 0.29) is 18.0 Å². The van der Waals surface area contributed by atoms with Crippen LogP contribution >= 0.6 is 0 Å². The molecular weight excluding hydrogens is 1050 g/mol. The summed E-state index contributed by atoms with van der Waals surface area (Å²) in [6.07, 6.45) is 0. The van der Waals surface area contributed by atoms with Crippen LogP contribution < -0.4 is 30.8 Å². The zero-order chi connectivity index (χ0) is 57.5. The molecule has 0 bridgehead atoms. The largest absolute Gasteiger partial charge is 0.458 e. The van der Waals surface area contributed by atoms with Crippen LogP contribution in [-0.2, 0) is 10.8 Å². The lowest BCUT2D eigenvalue weighted by molar-refractivity contribution is 0.463. The summed E-state index contributed by atoms with van der Waals surface area (Å²) >= 11 is 0. The van der Waals surface area contributed by atoms with E-state index < -0.39 is 5.41 Å². The normalized spacial score (nSPS) is 14.4. The monoisotopic (exact) mass is 1110 g/mol. The van der Waals surface area contributed by atoms with Crippen molar-refractivity contribution in [1.29, 1.82) is 0 Å². The third-order valence-corrected chi connectivity index (χ3v) is 19.8. The molecule has 3 nitrogen and oxygen atoms in total. The molecule has 4 heteroatoms. The molecule has 408 valence electrons. The Bertz CT molecular complexity index is 4840. The van der Waals surface area contributed by atoms with Crippen molar-refractivity contribution >= 4 is 40.2 Å². The van der Waals surface area contributed by atoms with Gasteiger partial charge in [0.2, 0.25) is 0 Å². The van der Waals surface area contributed by atoms with Crippen LogP contribution in [0.15, 0.2) is 297 Å². The summed E-state index contributed by atoms with van der Waals surface area (Å²) < 4.78 is 13.1. The van der Waals surface area contributed by atoms with E-state index >= 15 is 0 Å². The third kappa shape index (κ3) is 7.13. The van der Waals surface area contributed by atoms with Gasteiger partial charge in [-0.15, -0.1) is 0 Å². The van der Waals surface area contributed by atoms with Gasteiger partial charge < -0.3 is 14.4 Å². The Morgan fingerprint density at radius 3 is 1.39 bits per heavy atom. The molecule has 13 aromatic carbocycles. The molecule has 0 unspecified atom stereocenters. The summed E-state index contributed by atoms with van der Waals surface area (Å²) in [4.78, 5) is 2.51. The van der Waals surface area contributed by atoms with E-state index in [4.69, 9.17) is 9.47 Å². The number of rotatable bonds is 5. The highest BCUT2D eigenvalue weighted by Gasteiger charge is 2.52. The van der Waals surface area contributed by atoms with Gasteiger partial charge in [0.15, 0.2) is 0 Å². The van der Waals surface area contributed by atoms with Crippen molar-refractivity contribution in [3.63, 3.8) is 0 Å². The van der Waals surface area contributed by atoms with Crippen molar-refractivity contribution in [1.82, 2.24) is 0 Å². The molecule has 0 fully saturated rings. The van der Waals surface area contributed by atoms with Gasteiger partial charge in [-0.3, -0.25) is 0 Å². The number of anilines is 3. The zero-order valence-corrected chi connectivity index (χ0v) is 48.2. The molecule has 1 spiro atoms. The molecule has 0 N–H and O–H groups in total. The Balaban J connectivity index is 0.000000144. The van der Waals surface area contributed by atoms with Crippen molar-refractivity contribution in [3.8, 4) is 78.6 Å². The molecule has 0 aromatic heterocycles. The first kappa shape index (κ1) is 49.7. The maximum absolute atomic E-state index is 6.54. The van der Waals surface area contributed by atoms with E-state index in [1.54, 1.807) is 0 Å². The quantitative estimate of drug-likeness (QED) is 0.160. The van der Waals surface area contributed by atoms with Gasteiger partial charge in [-0.05, 0) is 166 Å². The minimum atomic E-state index is -0.403. The topological polar surface area (TPSA) is 21.7 Å². The second kappa shape index (κ2) is 18.9. The van der Waals surface area contributed by atoms with Gasteiger partial charge in [-0.2, -0.15) is 0 Å². The molecule has 0 amide bonds. The average Bonchev–Trinajstić information content (AvgIpc) is 1.54. The number of hydrogen-bond acceptors (Lipinski definition) is 3. The first-order chi connectivity index (χ1) is 42.9. The van der Waals surface area contributed by atoms with Gasteiger partial charge in [-0.25, -0.2) is 0 Å². The highest BCUT2D eigenvalue weighted by molar-refractivity contribution is 6.98. The summed E-state index contributed by atoms with van der Waals surface area (Å²) in [6, 6.07) is 109. The van der Waals surface area contributed by atoms with Crippen LogP contribution in [0.25, 0.3) is 55.6 Å². The number of ether oxygens (including phenoxy) is 2. The molecule has 0 atom stereocenters. The van der Waals surface area contributed by atoms with Crippen LogP contribution in [0.1, 0.15) is 69.8 Å². The lowest BCUT2D eigenvalue weighted by atomic mass is 9.35. The molecule has 19 rings (SSSR count). The van der Waals surface area contributed by atoms with Crippen molar-refractivity contribution in [2.75, 3.05) is 4.90 Å². The van der Waals surface area contributed by atoms with Gasteiger partial charge in [0, 0.05) is 33.7 Å². The molecule has 4 aliphatic carbocycles. The standard InChI is InChI=1S/C52H37N.C31H19BO2/c1-51(2)43-21-10-6-17-38(43)41-32-31-37(33-48(41)51)53(36-29-27-35(28-30-36)34-15-4-3-5-16-34)49-26-14-25-47-50(49)42-20-9-13-24-46(42)52(47)44-22-11-7-18-39(44)40-19-8-12-23-45(40)52;1-3-11-22-20(9-1)21-10-2-4-12-23(21)30(22)19-17-28-31-29(18-19)34-27-16-8-6-14-25(27)32(31)24-13-5-7-15-26(24)33-28/h3-33H,1-2H3;1-18,30H. The molecule has 87 heavy (non-hydrogen) atoms. The fraction of sp³-hybridized carbons (Fsp3) is 0.0602. The van der Waals surface area contributed by atoms with E-state index in [0.29, 0.717) is 0 Å². The van der Waals surface area contributed by atoms with E-state index in [1.807, 2.05) is 12.1 Å². The van der Waals surface area contributed by atoms with Gasteiger partial charge >= 0.3 is 0 Å². The van der Waals surface area contributed by atoms with E-state index in [0.717, 1.165) is 39.8 Å². The molecule has 2 heterocycles. The molecule has 0 saturated heterocycles. The minimum absolute atomic E-state index is 0.108. The van der Waals surface area contributed by atoms with Crippen LogP contribution in [0.3, 0.4) is 0 Å². The van der Waals surface area contributed by atoms with Gasteiger partial charge in [0.25, 0.3) is 6.71 Å². The number of hydrogen-bond donors (Lipinski definition) is 0. The summed E-state index contributed by atoms with van der Waals surface area (Å²) in [5.41, 5.74) is 31.5. The Hall–Kier alpha value is -10.7. The number of fused-ring (bicyclic) bond motifs is 20. The van der Waals surface area contributed by atoms with E-state index in [2.05, 4.69) is 304 Å². The lowest BCUT2D eigenvalue weighted by Crippen LogP contribution is -2.57. The zero-order valence-electron chi connectivity index (χ0n) is 48.2. The smallest absolute Gasteiger partial charge is 0.260 e. The fourth-order valence-corrected chi connectivity index (χ4v) is 16.1. The molecule has 0 saturated carbocycles. The van der Waals surface area contributed by atoms with Gasteiger partial charge in [0.05, 0.1) is 11.1 Å². The number of benzene rings is 13. The van der Waals surface area contributed by atoms with Crippen molar-refractivity contribution in [2.24, 2.45) is 0 Å². The number of para-hydroxylation sites is 2. The lowest BCUT2D eigenvalue weighted by Gasteiger charge is -2.33. The summed E-state index contributed by atoms with van der Waals surface area (Å²) in [5.74, 6) is 3.79. The summed E-state index contributed by atoms with van der Waals surface area (Å²) in [6.45, 7) is 4.85. The Labute approximate surface area is 508 Å². The van der Waals surface area contributed by atoms with Gasteiger partial charge in [-0.1, -0.05) is 257 Å². The number of nitrogens with zero attached hydrogens (tertiary/aromatic N) is 1. The molecule has 0 radical (unpaired) electrons. The Kier molecular flexibility index (Phi) is 10.8. The maximum atomic E-state index is 6.54. The highest BCUT2D eigenvalue weighted by atomic mass is 16.5. The van der Waals surface area contributed by atoms with Crippen LogP contribution in [-0.4, -0.2) is 6.71 Å². The first-order valence-corrected chi connectivity index (χ1v) is 30.5. The Morgan fingerprint density at radius 1 is 0.333 bits per heavy atom. The summed E-state index contributed by atoms with van der Waals surface area (Å²) in [5, 5.41) is 0. The predicted octanol–water partition coefficient (Wildman–Crippen LogP) is 19.0. The molecule has 2 aliphatic heterocycles. The Morgan fingerprint density at radius 2 is 0.782 bits per heavy atom. The van der Waals surface area contributed by atoms with Crippen molar-refractivity contribution < 1.29 is 9.47 Å². The minimum Gasteiger partial charge on any atom is -0.458 e. The molecular formula is C83H56BNO2. The van der Waals surface area contributed by atoms with Crippen LogP contribution in [0.2, 0.25) is 0 Å². The fourth-order valence-electron chi connectivity index (χ4n) is 16.1. The van der Waals surface area contributed by atoms with Crippen LogP contribution in [0.5, 0.6) is 23.0 Å². The second-order valence-corrected chi connectivity index (χ2v) is 24.5. The van der Waals surface area contributed by atoms with Gasteiger partial charge in [0.1, 0.15) is 23.0 Å². The van der Waals surface area contributed by atoms with Crippen LogP contribution in [0.4, 0.5) is 17.1 Å². The molecule has 13 aromatic rings. The van der Waals surface area contributed by atoms with Crippen molar-refractivity contribution in [2.45, 2.75) is 30.6 Å². The first-order valence-electron chi connectivity index (χ1n) is 30.5.